The molecule has 0 radical (unpaired) electrons. The van der Waals surface area contributed by atoms with Crippen LogP contribution in [0.1, 0.15) is 27.0 Å². The van der Waals surface area contributed by atoms with Crippen LogP contribution in [-0.4, -0.2) is 26.2 Å². The van der Waals surface area contributed by atoms with Gasteiger partial charge in [-0.05, 0) is 34.9 Å². The first-order valence-electron chi connectivity index (χ1n) is 8.18. The number of hydrogen-bond donors (Lipinski definition) is 2. The van der Waals surface area contributed by atoms with Crippen LogP contribution in [0.5, 0.6) is 5.75 Å². The first-order valence-corrected chi connectivity index (χ1v) is 8.56. The summed E-state index contributed by atoms with van der Waals surface area (Å²) in [5.74, 6) is 0.283. The average molecular weight is 361 g/mol. The van der Waals surface area contributed by atoms with Gasteiger partial charge in [-0.3, -0.25) is 4.79 Å². The van der Waals surface area contributed by atoms with Crippen LogP contribution < -0.4 is 15.4 Å². The number of carbonyl (C=O) groups excluding carboxylic acids is 1. The van der Waals surface area contributed by atoms with Crippen molar-refractivity contribution < 1.29 is 14.3 Å². The fourth-order valence-corrected chi connectivity index (χ4v) is 2.95. The predicted molar refractivity (Wildman–Crippen MR) is 97.0 cm³/mol. The van der Waals surface area contributed by atoms with Crippen molar-refractivity contribution in [3.63, 3.8) is 0 Å². The van der Waals surface area contributed by atoms with Crippen molar-refractivity contribution in [1.82, 2.24) is 10.6 Å². The molecule has 0 bridgehead atoms. The van der Waals surface area contributed by atoms with Crippen LogP contribution in [0.15, 0.2) is 36.4 Å². The van der Waals surface area contributed by atoms with Crippen molar-refractivity contribution in [3.05, 3.63) is 63.7 Å². The Morgan fingerprint density at radius 1 is 1.16 bits per heavy atom. The Hall–Kier alpha value is -2.08. The maximum atomic E-state index is 12.6. The van der Waals surface area contributed by atoms with E-state index in [1.54, 1.807) is 25.3 Å². The molecule has 0 aliphatic carbocycles. The highest BCUT2D eigenvalue weighted by Crippen LogP contribution is 2.23. The monoisotopic (exact) mass is 360 g/mol. The Bertz CT molecular complexity index is 764. The Morgan fingerprint density at radius 3 is 2.84 bits per heavy atom. The van der Waals surface area contributed by atoms with Gasteiger partial charge in [-0.15, -0.1) is 0 Å². The third-order valence-electron chi connectivity index (χ3n) is 4.09. The highest BCUT2D eigenvalue weighted by molar-refractivity contribution is 6.31. The molecule has 0 spiro atoms. The summed E-state index contributed by atoms with van der Waals surface area (Å²) < 4.78 is 10.6. The standard InChI is InChI=1S/C19H21ClN2O3/c1-24-6-7-25-18-5-4-16(20)9-17(18)19(23)22-10-13-2-3-14-11-21-12-15(14)8-13/h2-5,8-9,21H,6-7,10-12H2,1H3,(H,22,23). The van der Waals surface area contributed by atoms with E-state index in [0.29, 0.717) is 36.1 Å². The maximum Gasteiger partial charge on any atom is 0.255 e. The number of fused-ring (bicyclic) bond motifs is 1. The summed E-state index contributed by atoms with van der Waals surface area (Å²) in [5, 5.41) is 6.74. The number of halogens is 1. The lowest BCUT2D eigenvalue weighted by Crippen LogP contribution is -2.24. The molecule has 5 nitrogen and oxygen atoms in total. The van der Waals surface area contributed by atoms with E-state index in [1.807, 2.05) is 6.07 Å². The molecule has 1 amide bonds. The zero-order chi connectivity index (χ0) is 17.6. The minimum atomic E-state index is -0.214. The van der Waals surface area contributed by atoms with E-state index in [2.05, 4.69) is 22.8 Å². The topological polar surface area (TPSA) is 59.6 Å². The summed E-state index contributed by atoms with van der Waals surface area (Å²) in [6.45, 7) is 3.06. The average Bonchev–Trinajstić information content (AvgIpc) is 3.08. The van der Waals surface area contributed by atoms with Crippen molar-refractivity contribution in [2.75, 3.05) is 20.3 Å². The SMILES string of the molecule is COCCOc1ccc(Cl)cc1C(=O)NCc1ccc2c(c1)CNC2. The molecule has 6 heteroatoms. The Balaban J connectivity index is 1.67. The van der Waals surface area contributed by atoms with E-state index in [9.17, 15) is 4.79 Å². The van der Waals surface area contributed by atoms with E-state index in [-0.39, 0.29) is 5.91 Å². The molecule has 3 rings (SSSR count). The fourth-order valence-electron chi connectivity index (χ4n) is 2.78. The molecule has 2 aromatic carbocycles. The Morgan fingerprint density at radius 2 is 2.00 bits per heavy atom. The Kier molecular flexibility index (Phi) is 5.91. The first-order chi connectivity index (χ1) is 12.2. The second kappa shape index (κ2) is 8.34. The molecular weight excluding hydrogens is 340 g/mol. The van der Waals surface area contributed by atoms with Gasteiger partial charge in [0, 0.05) is 31.8 Å². The van der Waals surface area contributed by atoms with Crippen LogP contribution in [-0.2, 0) is 24.4 Å². The lowest BCUT2D eigenvalue weighted by Gasteiger charge is -2.12. The number of carbonyl (C=O) groups is 1. The van der Waals surface area contributed by atoms with Gasteiger partial charge < -0.3 is 20.1 Å². The van der Waals surface area contributed by atoms with Gasteiger partial charge in [0.2, 0.25) is 0 Å². The molecule has 0 aromatic heterocycles. The minimum Gasteiger partial charge on any atom is -0.490 e. The maximum absolute atomic E-state index is 12.6. The second-order valence-corrected chi connectivity index (χ2v) is 6.31. The molecule has 1 heterocycles. The number of amides is 1. The summed E-state index contributed by atoms with van der Waals surface area (Å²) in [6.07, 6.45) is 0. The van der Waals surface area contributed by atoms with E-state index in [4.69, 9.17) is 21.1 Å². The number of hydrogen-bond acceptors (Lipinski definition) is 4. The molecule has 0 saturated carbocycles. The molecule has 2 N–H and O–H groups in total. The minimum absolute atomic E-state index is 0.214. The summed E-state index contributed by atoms with van der Waals surface area (Å²) in [7, 11) is 1.60. The normalized spacial score (nSPS) is 12.7. The molecule has 1 aliphatic rings. The molecule has 132 valence electrons. The Labute approximate surface area is 152 Å². The van der Waals surface area contributed by atoms with Gasteiger partial charge in [0.15, 0.2) is 0 Å². The van der Waals surface area contributed by atoms with Gasteiger partial charge in [-0.1, -0.05) is 29.8 Å². The predicted octanol–water partition coefficient (Wildman–Crippen LogP) is 2.90. The third kappa shape index (κ3) is 4.51. The van der Waals surface area contributed by atoms with Gasteiger partial charge in [-0.25, -0.2) is 0 Å². The third-order valence-corrected chi connectivity index (χ3v) is 4.32. The van der Waals surface area contributed by atoms with E-state index in [1.165, 1.54) is 11.1 Å². The molecule has 25 heavy (non-hydrogen) atoms. The lowest BCUT2D eigenvalue weighted by atomic mass is 10.1. The summed E-state index contributed by atoms with van der Waals surface area (Å²) in [5.41, 5.74) is 4.10. The number of methoxy groups -OCH3 is 1. The van der Waals surface area contributed by atoms with Crippen molar-refractivity contribution in [3.8, 4) is 5.75 Å². The van der Waals surface area contributed by atoms with Crippen LogP contribution in [0.25, 0.3) is 0 Å². The number of nitrogens with one attached hydrogen (secondary N) is 2. The highest BCUT2D eigenvalue weighted by Gasteiger charge is 2.14. The number of benzene rings is 2. The van der Waals surface area contributed by atoms with Crippen molar-refractivity contribution in [2.45, 2.75) is 19.6 Å². The second-order valence-electron chi connectivity index (χ2n) is 5.87. The lowest BCUT2D eigenvalue weighted by molar-refractivity contribution is 0.0943. The fraction of sp³-hybridized carbons (Fsp3) is 0.316. The summed E-state index contributed by atoms with van der Waals surface area (Å²) in [4.78, 5) is 12.6. The van der Waals surface area contributed by atoms with Crippen LogP contribution in [0.3, 0.4) is 0 Å². The smallest absolute Gasteiger partial charge is 0.255 e. The van der Waals surface area contributed by atoms with Gasteiger partial charge >= 0.3 is 0 Å². The zero-order valence-corrected chi connectivity index (χ0v) is 14.9. The van der Waals surface area contributed by atoms with E-state index in [0.717, 1.165) is 18.7 Å². The van der Waals surface area contributed by atoms with Gasteiger partial charge in [0.05, 0.1) is 12.2 Å². The molecule has 2 aromatic rings. The van der Waals surface area contributed by atoms with E-state index < -0.39 is 0 Å². The number of rotatable bonds is 7. The largest absolute Gasteiger partial charge is 0.490 e. The van der Waals surface area contributed by atoms with Crippen LogP contribution >= 0.6 is 11.6 Å². The highest BCUT2D eigenvalue weighted by atomic mass is 35.5. The van der Waals surface area contributed by atoms with Crippen molar-refractivity contribution in [1.29, 1.82) is 0 Å². The van der Waals surface area contributed by atoms with Gasteiger partial charge in [0.25, 0.3) is 5.91 Å². The summed E-state index contributed by atoms with van der Waals surface area (Å²) >= 11 is 6.04. The summed E-state index contributed by atoms with van der Waals surface area (Å²) in [6, 6.07) is 11.3. The van der Waals surface area contributed by atoms with Crippen LogP contribution in [0.4, 0.5) is 0 Å². The van der Waals surface area contributed by atoms with Crippen LogP contribution in [0, 0.1) is 0 Å². The number of ether oxygens (including phenoxy) is 2. The first kappa shape index (κ1) is 17.7. The molecule has 0 saturated heterocycles. The van der Waals surface area contributed by atoms with Crippen molar-refractivity contribution >= 4 is 17.5 Å². The quantitative estimate of drug-likeness (QED) is 0.745. The molecule has 0 fully saturated rings. The van der Waals surface area contributed by atoms with Crippen molar-refractivity contribution in [2.24, 2.45) is 0 Å². The zero-order valence-electron chi connectivity index (χ0n) is 14.1. The molecule has 0 unspecified atom stereocenters. The van der Waals surface area contributed by atoms with Crippen LogP contribution in [0.2, 0.25) is 5.02 Å². The van der Waals surface area contributed by atoms with Gasteiger partial charge in [-0.2, -0.15) is 0 Å². The van der Waals surface area contributed by atoms with Gasteiger partial charge in [0.1, 0.15) is 12.4 Å². The molecule has 1 aliphatic heterocycles. The van der Waals surface area contributed by atoms with E-state index >= 15 is 0 Å². The molecule has 0 atom stereocenters. The molecular formula is C19H21ClN2O3.